The van der Waals surface area contributed by atoms with Crippen molar-refractivity contribution >= 4 is 12.1 Å². The maximum Gasteiger partial charge on any atom is 0.407 e. The quantitative estimate of drug-likeness (QED) is 0.690. The van der Waals surface area contributed by atoms with Crippen molar-refractivity contribution in [3.8, 4) is 11.1 Å². The van der Waals surface area contributed by atoms with E-state index in [4.69, 9.17) is 4.74 Å². The van der Waals surface area contributed by atoms with Gasteiger partial charge in [0.1, 0.15) is 6.61 Å². The molecule has 0 saturated heterocycles. The summed E-state index contributed by atoms with van der Waals surface area (Å²) < 4.78 is 7.10. The number of ether oxygens (including phenoxy) is 1. The van der Waals surface area contributed by atoms with Crippen LogP contribution >= 0.6 is 0 Å². The van der Waals surface area contributed by atoms with Gasteiger partial charge in [-0.3, -0.25) is 0 Å². The first-order chi connectivity index (χ1) is 14.0. The van der Waals surface area contributed by atoms with Gasteiger partial charge in [-0.2, -0.15) is 0 Å². The van der Waals surface area contributed by atoms with Gasteiger partial charge < -0.3 is 24.5 Å². The molecule has 2 aromatic carbocycles. The second kappa shape index (κ2) is 7.79. The number of amides is 1. The van der Waals surface area contributed by atoms with E-state index in [0.717, 1.165) is 22.3 Å². The van der Waals surface area contributed by atoms with E-state index in [2.05, 4.69) is 10.3 Å². The number of carbonyl (C=O) groups excluding carboxylic acids is 2. The smallest absolute Gasteiger partial charge is 0.407 e. The Morgan fingerprint density at radius 3 is 2.31 bits per heavy atom. The maximum absolute atomic E-state index is 12.3. The van der Waals surface area contributed by atoms with Crippen molar-refractivity contribution in [1.29, 1.82) is 0 Å². The van der Waals surface area contributed by atoms with Gasteiger partial charge in [0, 0.05) is 25.6 Å². The van der Waals surface area contributed by atoms with Gasteiger partial charge in [-0.1, -0.05) is 48.5 Å². The van der Waals surface area contributed by atoms with Crippen molar-refractivity contribution in [2.75, 3.05) is 6.61 Å². The van der Waals surface area contributed by atoms with Crippen LogP contribution in [0.25, 0.3) is 11.1 Å². The van der Waals surface area contributed by atoms with Crippen LogP contribution in [0.15, 0.2) is 61.1 Å². The Bertz CT molecular complexity index is 1010. The summed E-state index contributed by atoms with van der Waals surface area (Å²) in [4.78, 5) is 27.8. The Labute approximate surface area is 168 Å². The highest BCUT2D eigenvalue weighted by molar-refractivity contribution is 5.80. The fourth-order valence-corrected chi connectivity index (χ4v) is 3.76. The molecule has 1 atom stereocenters. The highest BCUT2D eigenvalue weighted by Gasteiger charge is 2.29. The van der Waals surface area contributed by atoms with Crippen molar-refractivity contribution in [1.82, 2.24) is 14.9 Å². The molecule has 0 bridgehead atoms. The second-order valence-corrected chi connectivity index (χ2v) is 7.08. The number of nitrogens with zero attached hydrogens (tertiary/aromatic N) is 2. The Hall–Kier alpha value is -3.61. The number of aliphatic carboxylic acids is 1. The summed E-state index contributed by atoms with van der Waals surface area (Å²) in [6.07, 6.45) is 2.48. The number of rotatable bonds is 6. The Morgan fingerprint density at radius 2 is 1.76 bits per heavy atom. The molecule has 7 heteroatoms. The normalized spacial score (nSPS) is 13.4. The van der Waals surface area contributed by atoms with Crippen LogP contribution in [0.4, 0.5) is 4.79 Å². The number of imidazole rings is 1. The van der Waals surface area contributed by atoms with Gasteiger partial charge in [-0.05, 0) is 22.3 Å². The summed E-state index contributed by atoms with van der Waals surface area (Å²) in [5.74, 6) is -1.48. The van der Waals surface area contributed by atoms with Gasteiger partial charge in [0.05, 0.1) is 24.0 Å². The van der Waals surface area contributed by atoms with Crippen LogP contribution in [0, 0.1) is 0 Å². The summed E-state index contributed by atoms with van der Waals surface area (Å²) >= 11 is 0. The number of aryl methyl sites for hydroxylation is 1. The number of hydrogen-bond acceptors (Lipinski definition) is 5. The van der Waals surface area contributed by atoms with Gasteiger partial charge >= 0.3 is 6.09 Å². The largest absolute Gasteiger partial charge is 0.548 e. The van der Waals surface area contributed by atoms with E-state index in [-0.39, 0.29) is 18.9 Å². The fraction of sp³-hybridized carbons (Fsp3) is 0.227. The number of fused-ring (bicyclic) bond motifs is 3. The van der Waals surface area contributed by atoms with Crippen molar-refractivity contribution in [2.45, 2.75) is 18.4 Å². The molecule has 1 amide bonds. The number of nitrogens with one attached hydrogen (secondary N) is 1. The molecule has 3 aromatic rings. The van der Waals surface area contributed by atoms with Gasteiger partial charge in [0.15, 0.2) is 0 Å². The number of benzene rings is 2. The molecule has 4 rings (SSSR count). The van der Waals surface area contributed by atoms with Gasteiger partial charge in [0.2, 0.25) is 0 Å². The van der Waals surface area contributed by atoms with Gasteiger partial charge in [-0.15, -0.1) is 0 Å². The number of alkyl carbamates (subject to hydrolysis) is 1. The van der Waals surface area contributed by atoms with E-state index in [0.29, 0.717) is 5.69 Å². The molecule has 1 aliphatic carbocycles. The average Bonchev–Trinajstić information content (AvgIpc) is 3.27. The molecule has 7 nitrogen and oxygen atoms in total. The predicted molar refractivity (Wildman–Crippen MR) is 104 cm³/mol. The molecule has 1 heterocycles. The summed E-state index contributed by atoms with van der Waals surface area (Å²) in [5.41, 5.74) is 4.97. The van der Waals surface area contributed by atoms with Crippen LogP contribution in [-0.2, 0) is 23.0 Å². The highest BCUT2D eigenvalue weighted by atomic mass is 16.5. The average molecular weight is 390 g/mol. The van der Waals surface area contributed by atoms with Crippen molar-refractivity contribution in [3.05, 3.63) is 77.9 Å². The summed E-state index contributed by atoms with van der Waals surface area (Å²) in [6.45, 7) is 0.114. The predicted octanol–water partition coefficient (Wildman–Crippen LogP) is 1.62. The lowest BCUT2D eigenvalue weighted by atomic mass is 9.98. The number of aromatic nitrogens is 2. The highest BCUT2D eigenvalue weighted by Crippen LogP contribution is 2.44. The minimum absolute atomic E-state index is 0.0212. The third-order valence-corrected chi connectivity index (χ3v) is 5.09. The van der Waals surface area contributed by atoms with Crippen LogP contribution in [-0.4, -0.2) is 34.3 Å². The van der Waals surface area contributed by atoms with E-state index in [1.807, 2.05) is 48.5 Å². The van der Waals surface area contributed by atoms with Crippen LogP contribution in [0.1, 0.15) is 22.7 Å². The molecule has 148 valence electrons. The van der Waals surface area contributed by atoms with Crippen LogP contribution in [0.2, 0.25) is 0 Å². The fourth-order valence-electron chi connectivity index (χ4n) is 3.76. The molecule has 0 saturated carbocycles. The Balaban J connectivity index is 1.43. The minimum atomic E-state index is -1.39. The zero-order valence-electron chi connectivity index (χ0n) is 15.9. The van der Waals surface area contributed by atoms with Crippen molar-refractivity contribution in [2.24, 2.45) is 7.05 Å². The van der Waals surface area contributed by atoms with E-state index in [9.17, 15) is 14.7 Å². The first-order valence-corrected chi connectivity index (χ1v) is 9.32. The van der Waals surface area contributed by atoms with Crippen LogP contribution < -0.4 is 10.4 Å². The molecule has 29 heavy (non-hydrogen) atoms. The monoisotopic (exact) mass is 390 g/mol. The molecule has 0 unspecified atom stereocenters. The maximum atomic E-state index is 12.3. The number of carbonyl (C=O) groups is 2. The molecule has 1 aromatic heterocycles. The van der Waals surface area contributed by atoms with Gasteiger partial charge in [0.25, 0.3) is 0 Å². The van der Waals surface area contributed by atoms with E-state index in [1.54, 1.807) is 24.1 Å². The molecular weight excluding hydrogens is 370 g/mol. The van der Waals surface area contributed by atoms with Crippen molar-refractivity contribution < 1.29 is 19.4 Å². The molecule has 1 N–H and O–H groups in total. The molecule has 0 aliphatic heterocycles. The first-order valence-electron chi connectivity index (χ1n) is 9.32. The molecule has 0 spiro atoms. The second-order valence-electron chi connectivity index (χ2n) is 7.08. The Morgan fingerprint density at radius 1 is 1.14 bits per heavy atom. The third-order valence-electron chi connectivity index (χ3n) is 5.09. The number of carboxylic acid groups (broad SMARTS) is 1. The standard InChI is InChI=1S/C22H21N3O4/c1-25-11-14(23-13-25)10-20(21(26)27)24-22(28)29-12-19-17-8-4-2-6-15(17)16-7-3-5-9-18(16)19/h2-9,11,13,19-20H,10,12H2,1H3,(H,24,28)(H,26,27)/p-1/t20-/m0/s1. The first kappa shape index (κ1) is 18.7. The zero-order chi connectivity index (χ0) is 20.4. The topological polar surface area (TPSA) is 96.3 Å². The lowest BCUT2D eigenvalue weighted by Gasteiger charge is -2.20. The number of carboxylic acids is 1. The number of hydrogen-bond donors (Lipinski definition) is 1. The molecular formula is C22H20N3O4-. The van der Waals surface area contributed by atoms with E-state index < -0.39 is 18.1 Å². The molecule has 0 radical (unpaired) electrons. The lowest BCUT2D eigenvalue weighted by Crippen LogP contribution is -2.49. The molecule has 0 fully saturated rings. The Kier molecular flexibility index (Phi) is 5.03. The summed E-state index contributed by atoms with van der Waals surface area (Å²) in [5, 5.41) is 13.8. The summed E-state index contributed by atoms with van der Waals surface area (Å²) in [6, 6.07) is 14.8. The van der Waals surface area contributed by atoms with E-state index >= 15 is 0 Å². The minimum Gasteiger partial charge on any atom is -0.548 e. The lowest BCUT2D eigenvalue weighted by molar-refractivity contribution is -0.308. The van der Waals surface area contributed by atoms with Crippen molar-refractivity contribution in [3.63, 3.8) is 0 Å². The van der Waals surface area contributed by atoms with Crippen LogP contribution in [0.5, 0.6) is 0 Å². The zero-order valence-corrected chi connectivity index (χ0v) is 15.9. The SMILES string of the molecule is Cn1cnc(C[C@H](NC(=O)OCC2c3ccccc3-c3ccccc32)C(=O)[O-])c1. The van der Waals surface area contributed by atoms with E-state index in [1.165, 1.54) is 0 Å². The van der Waals surface area contributed by atoms with Gasteiger partial charge in [-0.25, -0.2) is 9.78 Å². The summed E-state index contributed by atoms with van der Waals surface area (Å²) in [7, 11) is 1.78. The molecule has 1 aliphatic rings. The third kappa shape index (κ3) is 3.85. The van der Waals surface area contributed by atoms with Crippen LogP contribution in [0.3, 0.4) is 0 Å².